The van der Waals surface area contributed by atoms with Crippen molar-refractivity contribution in [3.8, 4) is 0 Å². The molecule has 18 nitrogen and oxygen atoms in total. The number of aliphatic hydroxyl groups is 2. The van der Waals surface area contributed by atoms with Gasteiger partial charge in [-0.15, -0.1) is 4.91 Å². The van der Waals surface area contributed by atoms with Crippen LogP contribution in [0.3, 0.4) is 0 Å². The first kappa shape index (κ1) is 27.5. The first-order valence-corrected chi connectivity index (χ1v) is 12.6. The van der Waals surface area contributed by atoms with E-state index < -0.39 is 65.0 Å². The zero-order valence-electron chi connectivity index (χ0n) is 15.7. The predicted molar refractivity (Wildman–Crippen MR) is 99.8 cm³/mol. The molecule has 1 aliphatic heterocycles. The van der Waals surface area contributed by atoms with Crippen LogP contribution in [-0.4, -0.2) is 58.6 Å². The number of aromatic amines is 1. The number of aromatic nitrogens is 2. The molecule has 186 valence electrons. The number of H-pyrrole nitrogens is 1. The third-order valence-electron chi connectivity index (χ3n) is 3.92. The molecule has 1 aromatic rings. The summed E-state index contributed by atoms with van der Waals surface area (Å²) in [7, 11) is -17.4. The van der Waals surface area contributed by atoms with Gasteiger partial charge < -0.3 is 29.6 Å². The molecule has 6 N–H and O–H groups in total. The second-order valence-electron chi connectivity index (χ2n) is 6.21. The van der Waals surface area contributed by atoms with Crippen molar-refractivity contribution in [1.29, 1.82) is 0 Å². The number of halogens is 1. The van der Waals surface area contributed by atoms with Crippen molar-refractivity contribution in [2.75, 3.05) is 6.61 Å². The lowest BCUT2D eigenvalue weighted by atomic mass is 9.93. The molecule has 0 saturated carbocycles. The lowest BCUT2D eigenvalue weighted by molar-refractivity contribution is -0.204. The average Bonchev–Trinajstić information content (AvgIpc) is 2.87. The van der Waals surface area contributed by atoms with Crippen LogP contribution in [0.2, 0.25) is 0 Å². The van der Waals surface area contributed by atoms with Crippen LogP contribution >= 0.6 is 23.4 Å². The van der Waals surface area contributed by atoms with Gasteiger partial charge in [-0.1, -0.05) is 12.7 Å². The van der Waals surface area contributed by atoms with E-state index in [0.717, 1.165) is 12.3 Å². The number of phosphoric acid groups is 2. The van der Waals surface area contributed by atoms with Gasteiger partial charge in [0.1, 0.15) is 6.61 Å². The van der Waals surface area contributed by atoms with Crippen molar-refractivity contribution in [2.45, 2.75) is 23.8 Å². The highest BCUT2D eigenvalue weighted by atomic mass is 31.3. The van der Waals surface area contributed by atoms with E-state index in [1.807, 2.05) is 0 Å². The Hall–Kier alpha value is -1.72. The topological polar surface area (TPSA) is 274 Å². The summed E-state index contributed by atoms with van der Waals surface area (Å²) in [6.45, 7) is 1.34. The quantitative estimate of drug-likeness (QED) is 0.119. The van der Waals surface area contributed by atoms with Gasteiger partial charge in [0.2, 0.25) is 0 Å². The second-order valence-corrected chi connectivity index (χ2v) is 10.8. The summed E-state index contributed by atoms with van der Waals surface area (Å²) < 4.78 is 65.7. The molecule has 4 unspecified atom stereocenters. The number of nitrogens with zero attached hydrogens (tertiary/aromatic N) is 2. The highest BCUT2D eigenvalue weighted by Crippen LogP contribution is 2.68. The fourth-order valence-corrected chi connectivity index (χ4v) is 5.68. The summed E-state index contributed by atoms with van der Waals surface area (Å²) in [5.41, 5.74) is -4.90. The van der Waals surface area contributed by atoms with Gasteiger partial charge in [0.05, 0.1) is 0 Å². The largest absolute Gasteiger partial charge is 0.496 e. The van der Waals surface area contributed by atoms with Crippen LogP contribution in [0.4, 0.5) is 4.39 Å². The molecule has 7 atom stereocenters. The Kier molecular flexibility index (Phi) is 7.63. The van der Waals surface area contributed by atoms with E-state index in [1.54, 1.807) is 4.98 Å². The van der Waals surface area contributed by atoms with E-state index in [0.29, 0.717) is 10.6 Å². The van der Waals surface area contributed by atoms with Crippen LogP contribution in [0.5, 0.6) is 0 Å². The Morgan fingerprint density at radius 3 is 2.39 bits per heavy atom. The zero-order valence-corrected chi connectivity index (χ0v) is 18.4. The van der Waals surface area contributed by atoms with E-state index in [4.69, 9.17) is 14.5 Å². The number of rotatable bonds is 10. The van der Waals surface area contributed by atoms with Gasteiger partial charge in [0.25, 0.3) is 11.4 Å². The van der Waals surface area contributed by atoms with Gasteiger partial charge in [-0.25, -0.2) is 22.9 Å². The number of aliphatic hydroxyl groups excluding tert-OH is 1. The summed E-state index contributed by atoms with van der Waals surface area (Å²) in [5, 5.41) is 20.8. The van der Waals surface area contributed by atoms with Crippen LogP contribution in [-0.2, 0) is 31.6 Å². The molecule has 0 spiro atoms. The number of hydrogen-bond donors (Lipinski definition) is 6. The summed E-state index contributed by atoms with van der Waals surface area (Å²) in [5.74, 6) is -3.62. The minimum absolute atomic E-state index is 0.434. The van der Waals surface area contributed by atoms with E-state index in [-0.39, 0.29) is 0 Å². The van der Waals surface area contributed by atoms with E-state index >= 15 is 4.39 Å². The maximum Gasteiger partial charge on any atom is 0.496 e. The molecule has 22 heteroatoms. The van der Waals surface area contributed by atoms with Crippen molar-refractivity contribution in [2.24, 2.45) is 4.95 Å². The average molecular weight is 541 g/mol. The molecule has 0 aliphatic carbocycles. The smallest absolute Gasteiger partial charge is 0.383 e. The summed E-state index contributed by atoms with van der Waals surface area (Å²) in [6.07, 6.45) is -3.49. The zero-order chi connectivity index (χ0) is 25.5. The number of nitroso groups, excluding NO2 is 1. The highest BCUT2D eigenvalue weighted by Gasteiger charge is 2.65. The number of hydrogen-bond acceptors (Lipinski definition) is 12. The minimum atomic E-state index is -5.97. The van der Waals surface area contributed by atoms with Crippen molar-refractivity contribution in [3.05, 3.63) is 50.7 Å². The van der Waals surface area contributed by atoms with E-state index in [2.05, 4.69) is 19.7 Å². The van der Waals surface area contributed by atoms with Crippen molar-refractivity contribution >= 4 is 23.4 Å². The lowest BCUT2D eigenvalue weighted by Gasteiger charge is -2.28. The first-order valence-electron chi connectivity index (χ1n) is 8.03. The molecule has 1 saturated heterocycles. The summed E-state index contributed by atoms with van der Waals surface area (Å²) in [6, 6.07) is 0.776. The minimum Gasteiger partial charge on any atom is -0.383 e. The Morgan fingerprint density at radius 1 is 1.27 bits per heavy atom. The third-order valence-corrected chi connectivity index (χ3v) is 7.91. The molecule has 1 aliphatic rings. The number of ether oxygens (including phenoxy) is 1. The Morgan fingerprint density at radius 2 is 1.88 bits per heavy atom. The third kappa shape index (κ3) is 6.05. The lowest BCUT2D eigenvalue weighted by Crippen LogP contribution is -2.50. The molecule has 2 heterocycles. The first-order chi connectivity index (χ1) is 14.9. The monoisotopic (exact) mass is 541 g/mol. The molecule has 0 radical (unpaired) electrons. The van der Waals surface area contributed by atoms with E-state index in [1.165, 1.54) is 4.95 Å². The fourth-order valence-electron chi connectivity index (χ4n) is 2.53. The number of phosphoric ester groups is 1. The van der Waals surface area contributed by atoms with Crippen LogP contribution in [0.25, 0.3) is 0 Å². The van der Waals surface area contributed by atoms with Gasteiger partial charge in [0, 0.05) is 17.2 Å². The Balaban J connectivity index is 2.27. The molecule has 1 fully saturated rings. The van der Waals surface area contributed by atoms with Gasteiger partial charge >= 0.3 is 29.1 Å². The molecule has 2 rings (SSSR count). The Labute approximate surface area is 180 Å². The number of alkyl halides is 1. The van der Waals surface area contributed by atoms with Crippen molar-refractivity contribution in [3.63, 3.8) is 0 Å². The summed E-state index contributed by atoms with van der Waals surface area (Å²) in [4.78, 5) is 63.7. The highest BCUT2D eigenvalue weighted by molar-refractivity contribution is 7.67. The van der Waals surface area contributed by atoms with Gasteiger partial charge in [-0.2, -0.15) is 8.62 Å². The standard InChI is InChI=1S/C11H15FN3O15P3/c1-2-10(19)7(17)11(12,28-8(10)15-4-3-6(16)13-9(15)18)5-27-32(23,24)30-33(25,26)29-31(21,22)14-20/h2-4,7-8,17,19H,1,5H2,(H,21,22)(H,23,24)(H,25,26)(H,13,16,18)/t7-,8?,10+,11+/m0/s1. The molecule has 0 aromatic carbocycles. The van der Waals surface area contributed by atoms with Crippen LogP contribution < -0.4 is 11.2 Å². The molecular formula is C11H15FN3O15P3. The SMILES string of the molecule is C=C[C@]1(O)C(n2ccc(=O)[nH]c2=O)O[C@](F)(COP(=O)(O)OP(=O)(O)OP(=O)(O)N=O)[C@H]1O. The van der Waals surface area contributed by atoms with Gasteiger partial charge in [-0.3, -0.25) is 18.9 Å². The maximum absolute atomic E-state index is 15.2. The molecule has 33 heavy (non-hydrogen) atoms. The van der Waals surface area contributed by atoms with Crippen molar-refractivity contribution < 1.29 is 60.9 Å². The van der Waals surface area contributed by atoms with Gasteiger partial charge in [-0.05, 0) is 0 Å². The molecule has 1 aromatic heterocycles. The van der Waals surface area contributed by atoms with Crippen LogP contribution in [0, 0.1) is 4.91 Å². The normalized spacial score (nSPS) is 32.9. The molecule has 0 bridgehead atoms. The molecular weight excluding hydrogens is 526 g/mol. The molecule has 0 amide bonds. The van der Waals surface area contributed by atoms with E-state index in [9.17, 15) is 43.3 Å². The maximum atomic E-state index is 15.2. The second kappa shape index (κ2) is 9.14. The van der Waals surface area contributed by atoms with Crippen LogP contribution in [0.1, 0.15) is 6.23 Å². The fraction of sp³-hybridized carbons (Fsp3) is 0.455. The van der Waals surface area contributed by atoms with Gasteiger partial charge in [0.15, 0.2) is 17.9 Å². The Bertz CT molecular complexity index is 1200. The van der Waals surface area contributed by atoms with Crippen LogP contribution in [0.15, 0.2) is 39.5 Å². The summed E-state index contributed by atoms with van der Waals surface area (Å²) >= 11 is 0. The number of nitrogens with one attached hydrogen (secondary N) is 1. The van der Waals surface area contributed by atoms with Crippen molar-refractivity contribution in [1.82, 2.24) is 9.55 Å². The predicted octanol–water partition coefficient (Wildman–Crippen LogP) is -0.873.